The zero-order chi connectivity index (χ0) is 15.7. The highest BCUT2D eigenvalue weighted by atomic mass is 16.3. The van der Waals surface area contributed by atoms with Crippen LogP contribution in [-0.2, 0) is 4.79 Å². The summed E-state index contributed by atoms with van der Waals surface area (Å²) in [5.74, 6) is -0.803. The maximum absolute atomic E-state index is 12.2. The zero-order valence-electron chi connectivity index (χ0n) is 12.3. The first-order chi connectivity index (χ1) is 10.6. The van der Waals surface area contributed by atoms with E-state index in [0.717, 1.165) is 11.1 Å². The van der Waals surface area contributed by atoms with Crippen molar-refractivity contribution in [1.82, 2.24) is 4.90 Å². The number of aliphatic hydroxyl groups is 2. The van der Waals surface area contributed by atoms with E-state index in [1.54, 1.807) is 7.05 Å². The second-order valence-corrected chi connectivity index (χ2v) is 5.68. The number of carbonyl (C=O) groups is 1. The number of carbonyl (C=O) groups excluding carboxylic acids is 1. The first kappa shape index (κ1) is 14.8. The van der Waals surface area contributed by atoms with Gasteiger partial charge in [0.1, 0.15) is 12.2 Å². The molecule has 0 bridgehead atoms. The molecule has 1 aliphatic rings. The van der Waals surface area contributed by atoms with E-state index in [1.807, 2.05) is 60.7 Å². The van der Waals surface area contributed by atoms with Crippen LogP contribution in [0.3, 0.4) is 0 Å². The van der Waals surface area contributed by atoms with E-state index in [0.29, 0.717) is 0 Å². The largest absolute Gasteiger partial charge is 0.386 e. The van der Waals surface area contributed by atoms with Crippen LogP contribution in [-0.4, -0.2) is 40.2 Å². The predicted octanol–water partition coefficient (Wildman–Crippen LogP) is 1.71. The molecule has 0 spiro atoms. The summed E-state index contributed by atoms with van der Waals surface area (Å²) in [6, 6.07) is 18.1. The van der Waals surface area contributed by atoms with Gasteiger partial charge in [-0.05, 0) is 11.1 Å². The Morgan fingerprint density at radius 3 is 2.14 bits per heavy atom. The fraction of sp³-hybridized carbons (Fsp3) is 0.278. The third-order valence-corrected chi connectivity index (χ3v) is 4.41. The topological polar surface area (TPSA) is 60.8 Å². The van der Waals surface area contributed by atoms with E-state index in [4.69, 9.17) is 0 Å². The van der Waals surface area contributed by atoms with Gasteiger partial charge in [0, 0.05) is 13.0 Å². The molecule has 4 atom stereocenters. The lowest BCUT2D eigenvalue weighted by Gasteiger charge is -2.30. The SMILES string of the molecule is CN1C(=O)C(O)[C@H](c2ccccc2)[C@H]1C(O)c1ccccc1. The lowest BCUT2D eigenvalue weighted by atomic mass is 9.85. The van der Waals surface area contributed by atoms with Crippen molar-refractivity contribution >= 4 is 5.91 Å². The lowest BCUT2D eigenvalue weighted by molar-refractivity contribution is -0.135. The summed E-state index contributed by atoms with van der Waals surface area (Å²) in [6.07, 6.45) is -1.98. The molecule has 1 heterocycles. The van der Waals surface area contributed by atoms with Gasteiger partial charge in [0.2, 0.25) is 0 Å². The van der Waals surface area contributed by atoms with E-state index < -0.39 is 24.2 Å². The fourth-order valence-electron chi connectivity index (χ4n) is 3.25. The van der Waals surface area contributed by atoms with Gasteiger partial charge in [0.25, 0.3) is 5.91 Å². The molecule has 0 aliphatic carbocycles. The molecule has 3 rings (SSSR count). The molecule has 4 nitrogen and oxygen atoms in total. The van der Waals surface area contributed by atoms with Crippen LogP contribution in [0, 0.1) is 0 Å². The Morgan fingerprint density at radius 2 is 1.55 bits per heavy atom. The van der Waals surface area contributed by atoms with Gasteiger partial charge in [-0.2, -0.15) is 0 Å². The monoisotopic (exact) mass is 297 g/mol. The first-order valence-corrected chi connectivity index (χ1v) is 7.34. The molecular weight excluding hydrogens is 278 g/mol. The van der Waals surface area contributed by atoms with Gasteiger partial charge >= 0.3 is 0 Å². The molecule has 0 aromatic heterocycles. The zero-order valence-corrected chi connectivity index (χ0v) is 12.3. The van der Waals surface area contributed by atoms with E-state index in [1.165, 1.54) is 4.90 Å². The Kier molecular flexibility index (Phi) is 3.96. The third-order valence-electron chi connectivity index (χ3n) is 4.41. The van der Waals surface area contributed by atoms with Gasteiger partial charge in [-0.25, -0.2) is 0 Å². The minimum atomic E-state index is -1.13. The molecule has 0 saturated carbocycles. The van der Waals surface area contributed by atoms with Gasteiger partial charge < -0.3 is 15.1 Å². The Bertz CT molecular complexity index is 644. The van der Waals surface area contributed by atoms with Crippen LogP contribution < -0.4 is 0 Å². The lowest BCUT2D eigenvalue weighted by Crippen LogP contribution is -2.36. The molecule has 0 radical (unpaired) electrons. The van der Waals surface area contributed by atoms with Crippen molar-refractivity contribution in [1.29, 1.82) is 0 Å². The second-order valence-electron chi connectivity index (χ2n) is 5.68. The maximum Gasteiger partial charge on any atom is 0.252 e. The summed E-state index contributed by atoms with van der Waals surface area (Å²) < 4.78 is 0. The quantitative estimate of drug-likeness (QED) is 0.906. The van der Waals surface area contributed by atoms with Crippen LogP contribution in [0.15, 0.2) is 60.7 Å². The highest BCUT2D eigenvalue weighted by Crippen LogP contribution is 2.40. The van der Waals surface area contributed by atoms with Gasteiger partial charge in [0.05, 0.1) is 6.04 Å². The van der Waals surface area contributed by atoms with E-state index in [-0.39, 0.29) is 5.91 Å². The minimum Gasteiger partial charge on any atom is -0.386 e. The molecule has 1 fully saturated rings. The van der Waals surface area contributed by atoms with Gasteiger partial charge in [-0.1, -0.05) is 60.7 Å². The number of likely N-dealkylation sites (N-methyl/N-ethyl adjacent to an activating group) is 1. The maximum atomic E-state index is 12.2. The molecule has 2 unspecified atom stereocenters. The highest BCUT2D eigenvalue weighted by molar-refractivity contribution is 5.85. The predicted molar refractivity (Wildman–Crippen MR) is 83.1 cm³/mol. The van der Waals surface area contributed by atoms with Crippen molar-refractivity contribution in [2.75, 3.05) is 7.05 Å². The van der Waals surface area contributed by atoms with Crippen molar-refractivity contribution in [3.05, 3.63) is 71.8 Å². The van der Waals surface area contributed by atoms with Crippen molar-refractivity contribution in [3.63, 3.8) is 0 Å². The summed E-state index contributed by atoms with van der Waals surface area (Å²) in [5.41, 5.74) is 1.59. The smallest absolute Gasteiger partial charge is 0.252 e. The summed E-state index contributed by atoms with van der Waals surface area (Å²) in [7, 11) is 1.63. The van der Waals surface area contributed by atoms with Gasteiger partial charge in [-0.15, -0.1) is 0 Å². The number of hydrogen-bond donors (Lipinski definition) is 2. The Hall–Kier alpha value is -2.17. The molecule has 1 amide bonds. The van der Waals surface area contributed by atoms with Crippen molar-refractivity contribution in [2.24, 2.45) is 0 Å². The van der Waals surface area contributed by atoms with Crippen LogP contribution in [0.2, 0.25) is 0 Å². The fourth-order valence-corrected chi connectivity index (χ4v) is 3.25. The molecule has 22 heavy (non-hydrogen) atoms. The average molecular weight is 297 g/mol. The van der Waals surface area contributed by atoms with Gasteiger partial charge in [0.15, 0.2) is 0 Å². The molecular formula is C18H19NO3. The van der Waals surface area contributed by atoms with Gasteiger partial charge in [-0.3, -0.25) is 4.79 Å². The van der Waals surface area contributed by atoms with Crippen LogP contribution in [0.5, 0.6) is 0 Å². The average Bonchev–Trinajstić information content (AvgIpc) is 2.80. The van der Waals surface area contributed by atoms with E-state index in [2.05, 4.69) is 0 Å². The molecule has 1 saturated heterocycles. The second kappa shape index (κ2) is 5.91. The molecule has 2 N–H and O–H groups in total. The molecule has 2 aromatic carbocycles. The molecule has 114 valence electrons. The summed E-state index contributed by atoms with van der Waals surface area (Å²) in [4.78, 5) is 13.7. The summed E-state index contributed by atoms with van der Waals surface area (Å²) in [6.45, 7) is 0. The third kappa shape index (κ3) is 2.40. The number of likely N-dealkylation sites (tertiary alicyclic amines) is 1. The van der Waals surface area contributed by atoms with Crippen LogP contribution >= 0.6 is 0 Å². The molecule has 1 aliphatic heterocycles. The Balaban J connectivity index is 2.01. The van der Waals surface area contributed by atoms with Crippen LogP contribution in [0.25, 0.3) is 0 Å². The summed E-state index contributed by atoms with van der Waals surface area (Å²) in [5, 5.41) is 21.1. The Labute approximate surface area is 129 Å². The number of benzene rings is 2. The number of aliphatic hydroxyl groups excluding tert-OH is 2. The number of amides is 1. The molecule has 2 aromatic rings. The summed E-state index contributed by atoms with van der Waals surface area (Å²) >= 11 is 0. The first-order valence-electron chi connectivity index (χ1n) is 7.34. The number of hydrogen-bond acceptors (Lipinski definition) is 3. The van der Waals surface area contributed by atoms with Crippen LogP contribution in [0.4, 0.5) is 0 Å². The van der Waals surface area contributed by atoms with Crippen LogP contribution in [0.1, 0.15) is 23.1 Å². The molecule has 4 heteroatoms. The number of rotatable bonds is 3. The van der Waals surface area contributed by atoms with E-state index in [9.17, 15) is 15.0 Å². The Morgan fingerprint density at radius 1 is 1.00 bits per heavy atom. The van der Waals surface area contributed by atoms with Crippen molar-refractivity contribution < 1.29 is 15.0 Å². The minimum absolute atomic E-state index is 0.353. The number of nitrogens with zero attached hydrogens (tertiary/aromatic N) is 1. The van der Waals surface area contributed by atoms with Crippen molar-refractivity contribution in [3.8, 4) is 0 Å². The highest BCUT2D eigenvalue weighted by Gasteiger charge is 2.49. The standard InChI is InChI=1S/C18H19NO3/c1-19-15(16(20)13-10-6-3-7-11-13)14(17(21)18(19)22)12-8-4-2-5-9-12/h2-11,14-17,20-21H,1H3/t14-,15+,16?,17?/m1/s1. The van der Waals surface area contributed by atoms with Crippen molar-refractivity contribution in [2.45, 2.75) is 24.2 Å². The van der Waals surface area contributed by atoms with E-state index >= 15 is 0 Å². The normalized spacial score (nSPS) is 26.2.